The van der Waals surface area contributed by atoms with Crippen LogP contribution in [-0.2, 0) is 6.54 Å². The molecule has 4 rings (SSSR count). The maximum absolute atomic E-state index is 12.3. The number of rotatable bonds is 5. The molecule has 25 heavy (non-hydrogen) atoms. The standard InChI is InChI=1S/C18H16N4OS2/c1-12-11-14(15-7-4-10-24-15)21-22(12)9-8-19-17(23)18-20-13-5-2-3-6-16(13)25-18/h2-7,10-11H,8-9H2,1H3,(H,19,23). The van der Waals surface area contributed by atoms with E-state index in [1.54, 1.807) is 11.3 Å². The minimum Gasteiger partial charge on any atom is -0.348 e. The Balaban J connectivity index is 1.39. The number of hydrogen-bond acceptors (Lipinski definition) is 5. The van der Waals surface area contributed by atoms with Crippen LogP contribution < -0.4 is 5.32 Å². The van der Waals surface area contributed by atoms with E-state index in [2.05, 4.69) is 27.5 Å². The van der Waals surface area contributed by atoms with Crippen molar-refractivity contribution in [1.82, 2.24) is 20.1 Å². The quantitative estimate of drug-likeness (QED) is 0.580. The lowest BCUT2D eigenvalue weighted by Crippen LogP contribution is -2.27. The molecule has 3 heterocycles. The summed E-state index contributed by atoms with van der Waals surface area (Å²) in [7, 11) is 0. The van der Waals surface area contributed by atoms with E-state index < -0.39 is 0 Å². The average Bonchev–Trinajstić information content (AvgIpc) is 3.34. The zero-order chi connectivity index (χ0) is 17.2. The van der Waals surface area contributed by atoms with Crippen LogP contribution in [0.1, 0.15) is 15.5 Å². The van der Waals surface area contributed by atoms with E-state index in [0.717, 1.165) is 26.5 Å². The highest BCUT2D eigenvalue weighted by atomic mass is 32.1. The second kappa shape index (κ2) is 6.78. The molecular formula is C18H16N4OS2. The highest BCUT2D eigenvalue weighted by Crippen LogP contribution is 2.24. The lowest BCUT2D eigenvalue weighted by Gasteiger charge is -2.05. The molecule has 0 fully saturated rings. The third kappa shape index (κ3) is 3.33. The molecule has 0 aliphatic rings. The number of nitrogens with one attached hydrogen (secondary N) is 1. The molecule has 0 saturated carbocycles. The van der Waals surface area contributed by atoms with E-state index >= 15 is 0 Å². The molecule has 1 N–H and O–H groups in total. The molecule has 0 aliphatic carbocycles. The molecule has 126 valence electrons. The number of fused-ring (bicyclic) bond motifs is 1. The van der Waals surface area contributed by atoms with Crippen LogP contribution in [0.2, 0.25) is 0 Å². The van der Waals surface area contributed by atoms with Crippen molar-refractivity contribution in [2.24, 2.45) is 0 Å². The van der Waals surface area contributed by atoms with Crippen molar-refractivity contribution < 1.29 is 4.79 Å². The van der Waals surface area contributed by atoms with Crippen LogP contribution in [0.25, 0.3) is 20.8 Å². The Bertz CT molecular complexity index is 984. The van der Waals surface area contributed by atoms with Crippen LogP contribution in [0.15, 0.2) is 47.8 Å². The van der Waals surface area contributed by atoms with Gasteiger partial charge in [-0.05, 0) is 36.6 Å². The van der Waals surface area contributed by atoms with E-state index in [1.807, 2.05) is 47.3 Å². The summed E-state index contributed by atoms with van der Waals surface area (Å²) in [4.78, 5) is 17.8. The van der Waals surface area contributed by atoms with Gasteiger partial charge < -0.3 is 5.32 Å². The fourth-order valence-electron chi connectivity index (χ4n) is 2.60. The summed E-state index contributed by atoms with van der Waals surface area (Å²) < 4.78 is 2.95. The number of aromatic nitrogens is 3. The molecule has 0 unspecified atom stereocenters. The van der Waals surface area contributed by atoms with Crippen LogP contribution in [0.5, 0.6) is 0 Å². The highest BCUT2D eigenvalue weighted by Gasteiger charge is 2.12. The Morgan fingerprint density at radius 2 is 2.12 bits per heavy atom. The molecule has 3 aromatic heterocycles. The first-order valence-corrected chi connectivity index (χ1v) is 9.62. The fraction of sp³-hybridized carbons (Fsp3) is 0.167. The van der Waals surface area contributed by atoms with Crippen molar-refractivity contribution in [2.45, 2.75) is 13.5 Å². The smallest absolute Gasteiger partial charge is 0.280 e. The second-order valence-corrected chi connectivity index (χ2v) is 7.59. The highest BCUT2D eigenvalue weighted by molar-refractivity contribution is 7.20. The molecule has 0 spiro atoms. The monoisotopic (exact) mass is 368 g/mol. The lowest BCUT2D eigenvalue weighted by molar-refractivity contribution is 0.0951. The van der Waals surface area contributed by atoms with Gasteiger partial charge in [0.2, 0.25) is 0 Å². The number of benzene rings is 1. The molecule has 1 aromatic carbocycles. The third-order valence-electron chi connectivity index (χ3n) is 3.85. The number of amides is 1. The predicted octanol–water partition coefficient (Wildman–Crippen LogP) is 3.96. The molecule has 1 amide bonds. The molecular weight excluding hydrogens is 352 g/mol. The summed E-state index contributed by atoms with van der Waals surface area (Å²) in [6.45, 7) is 3.18. The van der Waals surface area contributed by atoms with E-state index in [1.165, 1.54) is 11.3 Å². The SMILES string of the molecule is Cc1cc(-c2cccs2)nn1CCNC(=O)c1nc2ccccc2s1. The summed E-state index contributed by atoms with van der Waals surface area (Å²) in [6.07, 6.45) is 0. The average molecular weight is 368 g/mol. The maximum Gasteiger partial charge on any atom is 0.280 e. The first-order chi connectivity index (χ1) is 12.2. The lowest BCUT2D eigenvalue weighted by atomic mass is 10.3. The number of thiazole rings is 1. The molecule has 0 bridgehead atoms. The van der Waals surface area contributed by atoms with E-state index in [-0.39, 0.29) is 5.91 Å². The van der Waals surface area contributed by atoms with Gasteiger partial charge in [-0.25, -0.2) is 4.98 Å². The summed E-state index contributed by atoms with van der Waals surface area (Å²) in [6, 6.07) is 13.9. The first-order valence-electron chi connectivity index (χ1n) is 7.93. The second-order valence-electron chi connectivity index (χ2n) is 5.61. The predicted molar refractivity (Wildman–Crippen MR) is 102 cm³/mol. The van der Waals surface area contributed by atoms with Gasteiger partial charge in [0.05, 0.1) is 21.6 Å². The van der Waals surface area contributed by atoms with Gasteiger partial charge in [0, 0.05) is 12.2 Å². The van der Waals surface area contributed by atoms with Crippen molar-refractivity contribution in [3.05, 3.63) is 58.5 Å². The Morgan fingerprint density at radius 3 is 2.92 bits per heavy atom. The summed E-state index contributed by atoms with van der Waals surface area (Å²) in [5, 5.41) is 10.1. The van der Waals surface area contributed by atoms with Gasteiger partial charge in [-0.2, -0.15) is 5.10 Å². The number of para-hydroxylation sites is 1. The van der Waals surface area contributed by atoms with E-state index in [0.29, 0.717) is 18.1 Å². The summed E-state index contributed by atoms with van der Waals surface area (Å²) in [5.41, 5.74) is 2.92. The molecule has 4 aromatic rings. The van der Waals surface area contributed by atoms with Crippen LogP contribution in [0, 0.1) is 6.92 Å². The minimum atomic E-state index is -0.135. The molecule has 7 heteroatoms. The van der Waals surface area contributed by atoms with Gasteiger partial charge in [-0.3, -0.25) is 9.48 Å². The molecule has 5 nitrogen and oxygen atoms in total. The fourth-order valence-corrected chi connectivity index (χ4v) is 4.16. The maximum atomic E-state index is 12.3. The number of aryl methyl sites for hydroxylation is 1. The van der Waals surface area contributed by atoms with Crippen LogP contribution in [0.4, 0.5) is 0 Å². The number of carbonyl (C=O) groups is 1. The van der Waals surface area contributed by atoms with Gasteiger partial charge in [0.15, 0.2) is 5.01 Å². The summed E-state index contributed by atoms with van der Waals surface area (Å²) in [5.74, 6) is -0.135. The van der Waals surface area contributed by atoms with Gasteiger partial charge in [0.25, 0.3) is 5.91 Å². The molecule has 0 radical (unpaired) electrons. The number of hydrogen-bond donors (Lipinski definition) is 1. The largest absolute Gasteiger partial charge is 0.348 e. The number of carbonyl (C=O) groups excluding carboxylic acids is 1. The van der Waals surface area contributed by atoms with Crippen molar-refractivity contribution in [1.29, 1.82) is 0 Å². The zero-order valence-corrected chi connectivity index (χ0v) is 15.2. The Hall–Kier alpha value is -2.51. The van der Waals surface area contributed by atoms with Crippen LogP contribution in [-0.4, -0.2) is 27.2 Å². The van der Waals surface area contributed by atoms with Gasteiger partial charge in [-0.1, -0.05) is 18.2 Å². The van der Waals surface area contributed by atoms with Crippen molar-refractivity contribution in [3.8, 4) is 10.6 Å². The first kappa shape index (κ1) is 16.0. The molecule has 0 atom stereocenters. The number of thiophene rings is 1. The topological polar surface area (TPSA) is 59.8 Å². The van der Waals surface area contributed by atoms with Gasteiger partial charge in [-0.15, -0.1) is 22.7 Å². The third-order valence-corrected chi connectivity index (χ3v) is 5.78. The minimum absolute atomic E-state index is 0.135. The Morgan fingerprint density at radius 1 is 1.24 bits per heavy atom. The van der Waals surface area contributed by atoms with E-state index in [9.17, 15) is 4.79 Å². The zero-order valence-electron chi connectivity index (χ0n) is 13.6. The Kier molecular flexibility index (Phi) is 4.33. The van der Waals surface area contributed by atoms with Crippen molar-refractivity contribution in [2.75, 3.05) is 6.54 Å². The van der Waals surface area contributed by atoms with Crippen molar-refractivity contribution >= 4 is 38.8 Å². The van der Waals surface area contributed by atoms with Crippen LogP contribution in [0.3, 0.4) is 0 Å². The molecule has 0 saturated heterocycles. The van der Waals surface area contributed by atoms with Crippen LogP contribution >= 0.6 is 22.7 Å². The van der Waals surface area contributed by atoms with Crippen molar-refractivity contribution in [3.63, 3.8) is 0 Å². The normalized spacial score (nSPS) is 11.1. The number of nitrogens with zero attached hydrogens (tertiary/aromatic N) is 3. The van der Waals surface area contributed by atoms with E-state index in [4.69, 9.17) is 0 Å². The molecule has 0 aliphatic heterocycles. The van der Waals surface area contributed by atoms with Gasteiger partial charge in [0.1, 0.15) is 5.69 Å². The Labute approximate surface area is 153 Å². The summed E-state index contributed by atoms with van der Waals surface area (Å²) >= 11 is 3.09. The van der Waals surface area contributed by atoms with Gasteiger partial charge >= 0.3 is 0 Å².